The summed E-state index contributed by atoms with van der Waals surface area (Å²) < 4.78 is 0. The first-order valence-corrected chi connectivity index (χ1v) is 8.45. The zero-order chi connectivity index (χ0) is 16.1. The van der Waals surface area contributed by atoms with Crippen LogP contribution in [-0.2, 0) is 6.42 Å². The maximum Gasteiger partial charge on any atom is 0.137 e. The van der Waals surface area contributed by atoms with Crippen molar-refractivity contribution >= 4 is 11.6 Å². The van der Waals surface area contributed by atoms with E-state index >= 15 is 0 Å². The fourth-order valence-electron chi connectivity index (χ4n) is 4.30. The van der Waals surface area contributed by atoms with E-state index in [4.69, 9.17) is 0 Å². The lowest BCUT2D eigenvalue weighted by atomic mass is 10.2. The Bertz CT molecular complexity index is 584. The van der Waals surface area contributed by atoms with E-state index in [1.54, 1.807) is 13.3 Å². The van der Waals surface area contributed by atoms with Crippen LogP contribution in [0.3, 0.4) is 0 Å². The van der Waals surface area contributed by atoms with Crippen LogP contribution >= 0.6 is 0 Å². The second-order valence-electron chi connectivity index (χ2n) is 7.18. The standard InChI is InChI=1S/C16H25N5O2/c1-9(22)16(23)21-6-12-11(13(12)7-21)5-20(2)15-10-3-4-17-14(10)18-8-19-15/h8-9,11-13,16,22-23H,3-7H2,1-2H3,(H,17,18,19)/t9?,11-,12-,13+,16-/m0/s1. The number of fused-ring (bicyclic) bond motifs is 2. The van der Waals surface area contributed by atoms with Crippen molar-refractivity contribution in [3.8, 4) is 0 Å². The van der Waals surface area contributed by atoms with Crippen molar-refractivity contribution in [2.75, 3.05) is 43.4 Å². The van der Waals surface area contributed by atoms with E-state index in [-0.39, 0.29) is 0 Å². The number of hydrogen-bond donors (Lipinski definition) is 3. The van der Waals surface area contributed by atoms with Crippen molar-refractivity contribution in [3.63, 3.8) is 0 Å². The van der Waals surface area contributed by atoms with Gasteiger partial charge in [-0.3, -0.25) is 4.90 Å². The molecule has 4 rings (SSSR count). The number of piperidine rings is 1. The van der Waals surface area contributed by atoms with Gasteiger partial charge in [0.05, 0.1) is 6.10 Å². The van der Waals surface area contributed by atoms with Crippen molar-refractivity contribution in [1.29, 1.82) is 0 Å². The van der Waals surface area contributed by atoms with Crippen molar-refractivity contribution in [2.24, 2.45) is 17.8 Å². The Kier molecular flexibility index (Phi) is 3.66. The topological polar surface area (TPSA) is 84.8 Å². The average molecular weight is 319 g/mol. The van der Waals surface area contributed by atoms with Crippen LogP contribution in [0, 0.1) is 17.8 Å². The lowest BCUT2D eigenvalue weighted by Crippen LogP contribution is -2.43. The molecule has 0 radical (unpaired) electrons. The molecule has 1 saturated heterocycles. The van der Waals surface area contributed by atoms with Crippen molar-refractivity contribution < 1.29 is 10.2 Å². The van der Waals surface area contributed by atoms with Gasteiger partial charge in [0.2, 0.25) is 0 Å². The highest BCUT2D eigenvalue weighted by atomic mass is 16.3. The minimum atomic E-state index is -0.725. The molecule has 3 aliphatic rings. The molecule has 23 heavy (non-hydrogen) atoms. The van der Waals surface area contributed by atoms with Crippen LogP contribution < -0.4 is 10.2 Å². The highest BCUT2D eigenvalue weighted by molar-refractivity contribution is 5.61. The number of likely N-dealkylation sites (tertiary alicyclic amines) is 1. The van der Waals surface area contributed by atoms with Gasteiger partial charge in [0.1, 0.15) is 24.2 Å². The summed E-state index contributed by atoms with van der Waals surface area (Å²) in [4.78, 5) is 13.0. The molecule has 1 saturated carbocycles. The molecular formula is C16H25N5O2. The summed E-state index contributed by atoms with van der Waals surface area (Å²) in [6.07, 6.45) is 1.21. The number of aliphatic hydroxyl groups excluding tert-OH is 2. The van der Waals surface area contributed by atoms with Gasteiger partial charge in [-0.25, -0.2) is 9.97 Å². The first kappa shape index (κ1) is 15.1. The molecule has 0 amide bonds. The molecule has 2 aliphatic heterocycles. The molecule has 3 heterocycles. The number of anilines is 2. The molecule has 5 atom stereocenters. The molecule has 0 aromatic carbocycles. The summed E-state index contributed by atoms with van der Waals surface area (Å²) in [7, 11) is 2.11. The molecule has 0 bridgehead atoms. The summed E-state index contributed by atoms with van der Waals surface area (Å²) >= 11 is 0. The van der Waals surface area contributed by atoms with E-state index in [0.717, 1.165) is 44.2 Å². The fraction of sp³-hybridized carbons (Fsp3) is 0.750. The van der Waals surface area contributed by atoms with Gasteiger partial charge >= 0.3 is 0 Å². The maximum absolute atomic E-state index is 9.96. The number of aliphatic hydroxyl groups is 2. The van der Waals surface area contributed by atoms with Crippen LogP contribution in [0.25, 0.3) is 0 Å². The van der Waals surface area contributed by atoms with Crippen molar-refractivity contribution in [1.82, 2.24) is 14.9 Å². The maximum atomic E-state index is 9.96. The number of aromatic nitrogens is 2. The Morgan fingerprint density at radius 1 is 1.35 bits per heavy atom. The first-order valence-electron chi connectivity index (χ1n) is 8.45. The first-order chi connectivity index (χ1) is 11.1. The van der Waals surface area contributed by atoms with Gasteiger partial charge in [0.25, 0.3) is 0 Å². The Morgan fingerprint density at radius 2 is 2.09 bits per heavy atom. The SMILES string of the molecule is CC(O)[C@H](O)N1C[C@@H]2[C@@H](CN(C)c3ncnc4c3CCN4)[C@@H]2C1. The van der Waals surface area contributed by atoms with Crippen molar-refractivity contribution in [2.45, 2.75) is 25.7 Å². The summed E-state index contributed by atoms with van der Waals surface area (Å²) in [5.74, 6) is 3.96. The Hall–Kier alpha value is -1.44. The molecule has 1 aromatic rings. The van der Waals surface area contributed by atoms with E-state index < -0.39 is 12.3 Å². The van der Waals surface area contributed by atoms with Crippen LogP contribution in [0.1, 0.15) is 12.5 Å². The third-order valence-electron chi connectivity index (χ3n) is 5.64. The van der Waals surface area contributed by atoms with Crippen LogP contribution in [-0.4, -0.2) is 70.6 Å². The molecular weight excluding hydrogens is 294 g/mol. The van der Waals surface area contributed by atoms with Crippen LogP contribution in [0.2, 0.25) is 0 Å². The largest absolute Gasteiger partial charge is 0.389 e. The zero-order valence-electron chi connectivity index (χ0n) is 13.7. The quantitative estimate of drug-likeness (QED) is 0.690. The minimum absolute atomic E-state index is 0.638. The lowest BCUT2D eigenvalue weighted by molar-refractivity contribution is -0.0716. The van der Waals surface area contributed by atoms with Gasteiger partial charge < -0.3 is 20.4 Å². The highest BCUT2D eigenvalue weighted by Gasteiger charge is 2.56. The minimum Gasteiger partial charge on any atom is -0.389 e. The van der Waals surface area contributed by atoms with Gasteiger partial charge in [-0.15, -0.1) is 0 Å². The normalized spacial score (nSPS) is 31.2. The van der Waals surface area contributed by atoms with E-state index in [1.165, 1.54) is 5.56 Å². The molecule has 7 heteroatoms. The van der Waals surface area contributed by atoms with Gasteiger partial charge in [0, 0.05) is 38.8 Å². The molecule has 1 aromatic heterocycles. The monoisotopic (exact) mass is 319 g/mol. The second kappa shape index (κ2) is 5.58. The number of rotatable bonds is 5. The van der Waals surface area contributed by atoms with E-state index in [1.807, 2.05) is 4.90 Å². The smallest absolute Gasteiger partial charge is 0.137 e. The Balaban J connectivity index is 1.36. The third-order valence-corrected chi connectivity index (χ3v) is 5.64. The van der Waals surface area contributed by atoms with E-state index in [9.17, 15) is 10.2 Å². The summed E-state index contributed by atoms with van der Waals surface area (Å²) in [6.45, 7) is 5.36. The van der Waals surface area contributed by atoms with Crippen LogP contribution in [0.15, 0.2) is 6.33 Å². The van der Waals surface area contributed by atoms with Crippen LogP contribution in [0.5, 0.6) is 0 Å². The summed E-state index contributed by atoms with van der Waals surface area (Å²) in [5.41, 5.74) is 1.23. The van der Waals surface area contributed by atoms with Gasteiger partial charge in [0.15, 0.2) is 0 Å². The lowest BCUT2D eigenvalue weighted by Gasteiger charge is -2.28. The molecule has 7 nitrogen and oxygen atoms in total. The number of nitrogens with one attached hydrogen (secondary N) is 1. The Morgan fingerprint density at radius 3 is 2.78 bits per heavy atom. The molecule has 126 valence electrons. The summed E-state index contributed by atoms with van der Waals surface area (Å²) in [5, 5.41) is 22.8. The number of hydrogen-bond acceptors (Lipinski definition) is 7. The molecule has 0 spiro atoms. The second-order valence-corrected chi connectivity index (χ2v) is 7.18. The molecule has 3 N–H and O–H groups in total. The molecule has 2 fully saturated rings. The zero-order valence-corrected chi connectivity index (χ0v) is 13.7. The molecule has 1 unspecified atom stereocenters. The number of nitrogens with zero attached hydrogens (tertiary/aromatic N) is 4. The Labute approximate surface area is 136 Å². The fourth-order valence-corrected chi connectivity index (χ4v) is 4.30. The van der Waals surface area contributed by atoms with Crippen molar-refractivity contribution in [3.05, 3.63) is 11.9 Å². The van der Waals surface area contributed by atoms with E-state index in [0.29, 0.717) is 17.8 Å². The molecule has 1 aliphatic carbocycles. The highest BCUT2D eigenvalue weighted by Crippen LogP contribution is 2.52. The van der Waals surface area contributed by atoms with E-state index in [2.05, 4.69) is 27.2 Å². The van der Waals surface area contributed by atoms with Gasteiger partial charge in [-0.05, 0) is 31.1 Å². The predicted molar refractivity (Wildman–Crippen MR) is 87.2 cm³/mol. The summed E-state index contributed by atoms with van der Waals surface area (Å²) in [6, 6.07) is 0. The van der Waals surface area contributed by atoms with Crippen LogP contribution in [0.4, 0.5) is 11.6 Å². The third kappa shape index (κ3) is 2.56. The predicted octanol–water partition coefficient (Wildman–Crippen LogP) is -0.242. The van der Waals surface area contributed by atoms with Gasteiger partial charge in [-0.1, -0.05) is 0 Å². The van der Waals surface area contributed by atoms with Gasteiger partial charge in [-0.2, -0.15) is 0 Å². The average Bonchev–Trinajstić information content (AvgIpc) is 2.96.